The smallest absolute Gasteiger partial charge is 0.242 e. The number of rotatable bonds is 23. The minimum absolute atomic E-state index is 0.00265. The molecule has 8 unspecified atom stereocenters. The zero-order valence-electron chi connectivity index (χ0n) is 35.2. The summed E-state index contributed by atoms with van der Waals surface area (Å²) in [5.41, 5.74) is 0.168. The zero-order valence-corrected chi connectivity index (χ0v) is 35.2. The third-order valence-corrected chi connectivity index (χ3v) is 11.6. The molecule has 1 aliphatic rings. The van der Waals surface area contributed by atoms with Crippen molar-refractivity contribution in [2.75, 3.05) is 41.4 Å². The van der Waals surface area contributed by atoms with E-state index in [1.807, 2.05) is 71.9 Å². The molecular weight excluding hydrogens is 686 g/mol. The van der Waals surface area contributed by atoms with E-state index >= 15 is 0 Å². The van der Waals surface area contributed by atoms with Gasteiger partial charge in [-0.25, -0.2) is 0 Å². The lowest BCUT2D eigenvalue weighted by Crippen LogP contribution is -2.55. The van der Waals surface area contributed by atoms with Crippen molar-refractivity contribution in [1.29, 1.82) is 0 Å². The highest BCUT2D eigenvalue weighted by molar-refractivity contribution is 5.92. The minimum atomic E-state index is -0.768. The average Bonchev–Trinajstić information content (AvgIpc) is 3.64. The van der Waals surface area contributed by atoms with Crippen LogP contribution in [0.25, 0.3) is 0 Å². The first-order valence-corrected chi connectivity index (χ1v) is 19.9. The molecule has 3 N–H and O–H groups in total. The molecule has 2 rings (SSSR count). The van der Waals surface area contributed by atoms with Gasteiger partial charge < -0.3 is 35.2 Å². The second-order valence-electron chi connectivity index (χ2n) is 16.0. The zero-order chi connectivity index (χ0) is 40.7. The number of hydrogen-bond donors (Lipinski definition) is 3. The Balaban J connectivity index is 2.29. The lowest BCUT2D eigenvalue weighted by Gasteiger charge is -2.41. The highest BCUT2D eigenvalue weighted by Crippen LogP contribution is 2.31. The van der Waals surface area contributed by atoms with Crippen LogP contribution in [0.5, 0.6) is 0 Å². The SMILES string of the molecule is CCCNC(=O)C(Cc1ccccc1)NC(=O)C(C)C(OC)C1CCCN1C(=O)CC(OC)C(C(C)CC)N(C)C(=O)C(CC(=O)C(C)(C)NC)C(C)C. The van der Waals surface area contributed by atoms with Gasteiger partial charge in [-0.05, 0) is 57.6 Å². The third-order valence-electron chi connectivity index (χ3n) is 11.6. The van der Waals surface area contributed by atoms with Crippen LogP contribution in [-0.4, -0.2) is 116 Å². The molecule has 1 aromatic carbocycles. The highest BCUT2D eigenvalue weighted by atomic mass is 16.5. The van der Waals surface area contributed by atoms with Crippen molar-refractivity contribution in [3.63, 3.8) is 0 Å². The van der Waals surface area contributed by atoms with E-state index in [0.29, 0.717) is 25.9 Å². The van der Waals surface area contributed by atoms with E-state index in [1.54, 1.807) is 45.0 Å². The van der Waals surface area contributed by atoms with Crippen LogP contribution in [-0.2, 0) is 39.9 Å². The molecule has 1 heterocycles. The van der Waals surface area contributed by atoms with Crippen LogP contribution in [0.15, 0.2) is 30.3 Å². The summed E-state index contributed by atoms with van der Waals surface area (Å²) in [5, 5.41) is 8.94. The summed E-state index contributed by atoms with van der Waals surface area (Å²) in [4.78, 5) is 72.1. The summed E-state index contributed by atoms with van der Waals surface area (Å²) in [5.74, 6) is -2.16. The van der Waals surface area contributed by atoms with Crippen molar-refractivity contribution in [2.45, 2.75) is 136 Å². The number of ether oxygens (including phenoxy) is 2. The van der Waals surface area contributed by atoms with Crippen molar-refractivity contribution < 1.29 is 33.4 Å². The van der Waals surface area contributed by atoms with Gasteiger partial charge in [0, 0.05) is 53.1 Å². The Bertz CT molecular complexity index is 1360. The Kier molecular flexibility index (Phi) is 19.3. The number of carbonyl (C=O) groups is 5. The Morgan fingerprint density at radius 1 is 0.963 bits per heavy atom. The molecule has 1 saturated heterocycles. The molecule has 1 fully saturated rings. The maximum atomic E-state index is 14.2. The number of nitrogens with one attached hydrogen (secondary N) is 3. The molecule has 4 amide bonds. The van der Waals surface area contributed by atoms with Crippen LogP contribution in [0.2, 0.25) is 0 Å². The Hall–Kier alpha value is -3.35. The first-order valence-electron chi connectivity index (χ1n) is 19.9. The molecule has 0 bridgehead atoms. The molecule has 1 aromatic rings. The summed E-state index contributed by atoms with van der Waals surface area (Å²) in [6.45, 7) is 16.4. The Morgan fingerprint density at radius 3 is 2.15 bits per heavy atom. The number of Topliss-reactive ketones (excluding diaryl/α,β-unsaturated/α-hetero) is 1. The molecule has 54 heavy (non-hydrogen) atoms. The maximum Gasteiger partial charge on any atom is 0.242 e. The fourth-order valence-corrected chi connectivity index (χ4v) is 7.50. The molecule has 1 aliphatic heterocycles. The molecule has 0 radical (unpaired) electrons. The highest BCUT2D eigenvalue weighted by Gasteiger charge is 2.43. The normalized spacial score (nSPS) is 18.6. The van der Waals surface area contributed by atoms with Gasteiger partial charge in [0.15, 0.2) is 5.78 Å². The monoisotopic (exact) mass is 758 g/mol. The van der Waals surface area contributed by atoms with Gasteiger partial charge in [0.2, 0.25) is 23.6 Å². The van der Waals surface area contributed by atoms with E-state index in [9.17, 15) is 24.0 Å². The number of hydrogen-bond acceptors (Lipinski definition) is 8. The number of likely N-dealkylation sites (tertiary alicyclic amines) is 1. The molecule has 12 nitrogen and oxygen atoms in total. The minimum Gasteiger partial charge on any atom is -0.379 e. The van der Waals surface area contributed by atoms with Crippen molar-refractivity contribution >= 4 is 29.4 Å². The van der Waals surface area contributed by atoms with Crippen LogP contribution in [0, 0.1) is 23.7 Å². The standard InChI is InChI=1S/C42H71N5O7/c1-13-22-44-40(51)32(24-30-19-16-15-17-20-30)45-39(50)29(6)38(54-12)33-21-18-23-47(33)36(49)26-34(53-11)37(28(5)14-2)46(10)41(52)31(27(3)4)25-35(48)42(7,8)43-9/h15-17,19-20,27-29,31-34,37-38,43H,13-14,18,21-26H2,1-12H3,(H,44,51)(H,45,50). The van der Waals surface area contributed by atoms with Crippen molar-refractivity contribution in [3.05, 3.63) is 35.9 Å². The van der Waals surface area contributed by atoms with Crippen molar-refractivity contribution in [1.82, 2.24) is 25.8 Å². The number of likely N-dealkylation sites (N-methyl/N-ethyl adjacent to an activating group) is 2. The number of carbonyl (C=O) groups excluding carboxylic acids is 5. The first kappa shape index (κ1) is 46.8. The second kappa shape index (κ2) is 22.3. The Morgan fingerprint density at radius 2 is 1.61 bits per heavy atom. The number of nitrogens with zero attached hydrogens (tertiary/aromatic N) is 2. The third kappa shape index (κ3) is 12.6. The van der Waals surface area contributed by atoms with Gasteiger partial charge in [0.1, 0.15) is 6.04 Å². The van der Waals surface area contributed by atoms with Gasteiger partial charge in [0.25, 0.3) is 0 Å². The van der Waals surface area contributed by atoms with E-state index in [-0.39, 0.29) is 60.1 Å². The first-order chi connectivity index (χ1) is 25.5. The van der Waals surface area contributed by atoms with Gasteiger partial charge in [-0.15, -0.1) is 0 Å². The van der Waals surface area contributed by atoms with Crippen LogP contribution in [0.1, 0.15) is 99.5 Å². The number of methoxy groups -OCH3 is 2. The van der Waals surface area contributed by atoms with E-state index in [4.69, 9.17) is 9.47 Å². The number of amides is 4. The largest absolute Gasteiger partial charge is 0.379 e. The molecule has 0 aliphatic carbocycles. The van der Waals surface area contributed by atoms with Gasteiger partial charge in [-0.3, -0.25) is 24.0 Å². The fraction of sp³-hybridized carbons (Fsp3) is 0.738. The van der Waals surface area contributed by atoms with Gasteiger partial charge in [-0.2, -0.15) is 0 Å². The van der Waals surface area contributed by atoms with Crippen LogP contribution < -0.4 is 16.0 Å². The summed E-state index contributed by atoms with van der Waals surface area (Å²) < 4.78 is 12.0. The van der Waals surface area contributed by atoms with Gasteiger partial charge in [0.05, 0.1) is 42.2 Å². The summed E-state index contributed by atoms with van der Waals surface area (Å²) >= 11 is 0. The van der Waals surface area contributed by atoms with E-state index in [2.05, 4.69) is 22.9 Å². The Labute approximate surface area is 325 Å². The molecule has 0 spiro atoms. The van der Waals surface area contributed by atoms with Crippen molar-refractivity contribution in [2.24, 2.45) is 23.7 Å². The summed E-state index contributed by atoms with van der Waals surface area (Å²) in [6, 6.07) is 8.02. The molecule has 306 valence electrons. The van der Waals surface area contributed by atoms with Crippen LogP contribution >= 0.6 is 0 Å². The number of ketones is 1. The molecule has 12 heteroatoms. The maximum absolute atomic E-state index is 14.2. The average molecular weight is 758 g/mol. The molecule has 8 atom stereocenters. The number of benzene rings is 1. The van der Waals surface area contributed by atoms with E-state index in [1.165, 1.54) is 0 Å². The predicted molar refractivity (Wildman–Crippen MR) is 213 cm³/mol. The second-order valence-corrected chi connectivity index (χ2v) is 16.0. The predicted octanol–water partition coefficient (Wildman–Crippen LogP) is 4.39. The van der Waals surface area contributed by atoms with E-state index < -0.39 is 41.7 Å². The molecular formula is C42H71N5O7. The molecule has 0 saturated carbocycles. The summed E-state index contributed by atoms with van der Waals surface area (Å²) in [7, 11) is 6.61. The van der Waals surface area contributed by atoms with Crippen LogP contribution in [0.3, 0.4) is 0 Å². The summed E-state index contributed by atoms with van der Waals surface area (Å²) in [6.07, 6.45) is 2.19. The fourth-order valence-electron chi connectivity index (χ4n) is 7.50. The van der Waals surface area contributed by atoms with Gasteiger partial charge in [-0.1, -0.05) is 78.3 Å². The van der Waals surface area contributed by atoms with Crippen LogP contribution in [0.4, 0.5) is 0 Å². The lowest BCUT2D eigenvalue weighted by atomic mass is 9.83. The van der Waals surface area contributed by atoms with E-state index in [0.717, 1.165) is 24.8 Å². The lowest BCUT2D eigenvalue weighted by molar-refractivity contribution is -0.149. The van der Waals surface area contributed by atoms with Crippen molar-refractivity contribution in [3.8, 4) is 0 Å². The molecule has 0 aromatic heterocycles. The van der Waals surface area contributed by atoms with Gasteiger partial charge >= 0.3 is 0 Å². The topological polar surface area (TPSA) is 146 Å². The quantitative estimate of drug-likeness (QED) is 0.149.